The second-order valence-electron chi connectivity index (χ2n) is 4.69. The fourth-order valence-electron chi connectivity index (χ4n) is 2.53. The quantitative estimate of drug-likeness (QED) is 0.508. The number of rotatable bonds is 4. The van der Waals surface area contributed by atoms with Gasteiger partial charge in [0.05, 0.1) is 13.7 Å². The molecule has 6 nitrogen and oxygen atoms in total. The Morgan fingerprint density at radius 2 is 2.05 bits per heavy atom. The minimum Gasteiger partial charge on any atom is -0.496 e. The van der Waals surface area contributed by atoms with Crippen molar-refractivity contribution in [2.75, 3.05) is 13.7 Å². The molecule has 1 aliphatic heterocycles. The lowest BCUT2D eigenvalue weighted by Crippen LogP contribution is -2.48. The number of hydrogen-bond donors (Lipinski definition) is 1. The standard InChI is InChI=1S/C15H17NO5/c1-3-21-15(19)13-10(8-12(17)16-14(13)18)9-6-4-5-7-11(9)20-2/h4-7,10,13H,3,8H2,1-2H3,(H,16,17,18)/t10-,13-/m0/s1. The SMILES string of the molecule is CCOC(=O)[C@@H]1C(=O)NC(=O)C[C@H]1c1ccccc1OC. The van der Waals surface area contributed by atoms with Crippen LogP contribution < -0.4 is 10.1 Å². The van der Waals surface area contributed by atoms with Crippen LogP contribution in [0.25, 0.3) is 0 Å². The number of methoxy groups -OCH3 is 1. The first-order valence-corrected chi connectivity index (χ1v) is 6.71. The van der Waals surface area contributed by atoms with Gasteiger partial charge in [0.25, 0.3) is 0 Å². The Hall–Kier alpha value is -2.37. The van der Waals surface area contributed by atoms with E-state index < -0.39 is 29.6 Å². The van der Waals surface area contributed by atoms with Crippen molar-refractivity contribution in [1.29, 1.82) is 0 Å². The first-order valence-electron chi connectivity index (χ1n) is 6.71. The van der Waals surface area contributed by atoms with Crippen LogP contribution >= 0.6 is 0 Å². The minimum atomic E-state index is -1.04. The number of carbonyl (C=O) groups excluding carboxylic acids is 3. The van der Waals surface area contributed by atoms with E-state index in [1.807, 2.05) is 0 Å². The zero-order chi connectivity index (χ0) is 15.4. The molecule has 1 N–H and O–H groups in total. The molecule has 0 saturated carbocycles. The summed E-state index contributed by atoms with van der Waals surface area (Å²) < 4.78 is 10.2. The summed E-state index contributed by atoms with van der Waals surface area (Å²) in [6.07, 6.45) is 0.0373. The monoisotopic (exact) mass is 291 g/mol. The minimum absolute atomic E-state index is 0.0373. The molecular formula is C15H17NO5. The first kappa shape index (κ1) is 15.0. The number of amides is 2. The van der Waals surface area contributed by atoms with E-state index in [2.05, 4.69) is 5.32 Å². The van der Waals surface area contributed by atoms with Crippen LogP contribution in [-0.2, 0) is 19.1 Å². The molecule has 2 amide bonds. The zero-order valence-corrected chi connectivity index (χ0v) is 11.9. The maximum atomic E-state index is 12.1. The highest BCUT2D eigenvalue weighted by Crippen LogP contribution is 2.37. The lowest BCUT2D eigenvalue weighted by atomic mass is 9.80. The molecule has 0 spiro atoms. The molecule has 1 aromatic carbocycles. The maximum absolute atomic E-state index is 12.1. The molecule has 112 valence electrons. The molecule has 1 heterocycles. The summed E-state index contributed by atoms with van der Waals surface area (Å²) in [7, 11) is 1.50. The number of hydrogen-bond acceptors (Lipinski definition) is 5. The van der Waals surface area contributed by atoms with Gasteiger partial charge < -0.3 is 9.47 Å². The first-order chi connectivity index (χ1) is 10.1. The maximum Gasteiger partial charge on any atom is 0.319 e. The molecule has 2 atom stereocenters. The summed E-state index contributed by atoms with van der Waals surface area (Å²) in [5, 5.41) is 2.19. The number of para-hydroxylation sites is 1. The van der Waals surface area contributed by atoms with Crippen molar-refractivity contribution in [2.45, 2.75) is 19.3 Å². The molecule has 0 radical (unpaired) electrons. The van der Waals surface area contributed by atoms with Crippen LogP contribution in [0.15, 0.2) is 24.3 Å². The van der Waals surface area contributed by atoms with E-state index in [9.17, 15) is 14.4 Å². The molecule has 6 heteroatoms. The van der Waals surface area contributed by atoms with E-state index in [0.29, 0.717) is 11.3 Å². The van der Waals surface area contributed by atoms with Gasteiger partial charge in [-0.25, -0.2) is 0 Å². The molecule has 0 unspecified atom stereocenters. The van der Waals surface area contributed by atoms with Gasteiger partial charge in [-0.2, -0.15) is 0 Å². The largest absolute Gasteiger partial charge is 0.496 e. The summed E-state index contributed by atoms with van der Waals surface area (Å²) in [6, 6.07) is 7.04. The van der Waals surface area contributed by atoms with Crippen molar-refractivity contribution in [3.63, 3.8) is 0 Å². The number of imide groups is 1. The summed E-state index contributed by atoms with van der Waals surface area (Å²) in [5.74, 6) is -2.74. The molecule has 2 rings (SSSR count). The summed E-state index contributed by atoms with van der Waals surface area (Å²) in [4.78, 5) is 35.8. The molecular weight excluding hydrogens is 274 g/mol. The Morgan fingerprint density at radius 1 is 1.33 bits per heavy atom. The Labute approximate surface area is 122 Å². The van der Waals surface area contributed by atoms with E-state index in [4.69, 9.17) is 9.47 Å². The molecule has 1 aromatic rings. The number of nitrogens with one attached hydrogen (secondary N) is 1. The Bertz CT molecular complexity index is 569. The van der Waals surface area contributed by atoms with Crippen LogP contribution in [-0.4, -0.2) is 31.5 Å². The summed E-state index contributed by atoms with van der Waals surface area (Å²) >= 11 is 0. The molecule has 1 aliphatic rings. The fraction of sp³-hybridized carbons (Fsp3) is 0.400. The second kappa shape index (κ2) is 6.39. The Morgan fingerprint density at radius 3 is 2.71 bits per heavy atom. The molecule has 0 aromatic heterocycles. The van der Waals surface area contributed by atoms with Crippen LogP contribution in [0.3, 0.4) is 0 Å². The van der Waals surface area contributed by atoms with E-state index in [1.165, 1.54) is 7.11 Å². The van der Waals surface area contributed by atoms with Gasteiger partial charge in [-0.1, -0.05) is 18.2 Å². The third-order valence-electron chi connectivity index (χ3n) is 3.43. The van der Waals surface area contributed by atoms with Crippen molar-refractivity contribution in [2.24, 2.45) is 5.92 Å². The van der Waals surface area contributed by atoms with Crippen LogP contribution in [0.5, 0.6) is 5.75 Å². The molecule has 1 fully saturated rings. The second-order valence-corrected chi connectivity index (χ2v) is 4.69. The highest BCUT2D eigenvalue weighted by atomic mass is 16.5. The van der Waals surface area contributed by atoms with Crippen molar-refractivity contribution < 1.29 is 23.9 Å². The molecule has 1 saturated heterocycles. The van der Waals surface area contributed by atoms with E-state index >= 15 is 0 Å². The third-order valence-corrected chi connectivity index (χ3v) is 3.43. The highest BCUT2D eigenvalue weighted by molar-refractivity contribution is 6.08. The fourth-order valence-corrected chi connectivity index (χ4v) is 2.53. The van der Waals surface area contributed by atoms with Gasteiger partial charge in [0.2, 0.25) is 11.8 Å². The third kappa shape index (κ3) is 3.04. The van der Waals surface area contributed by atoms with Crippen LogP contribution in [0.1, 0.15) is 24.8 Å². The number of esters is 1. The van der Waals surface area contributed by atoms with Crippen molar-refractivity contribution >= 4 is 17.8 Å². The van der Waals surface area contributed by atoms with Crippen LogP contribution in [0, 0.1) is 5.92 Å². The lowest BCUT2D eigenvalue weighted by Gasteiger charge is -2.29. The van der Waals surface area contributed by atoms with E-state index in [-0.39, 0.29) is 13.0 Å². The van der Waals surface area contributed by atoms with Gasteiger partial charge in [-0.3, -0.25) is 19.7 Å². The van der Waals surface area contributed by atoms with Crippen molar-refractivity contribution in [3.05, 3.63) is 29.8 Å². The summed E-state index contributed by atoms with van der Waals surface area (Å²) in [6.45, 7) is 1.84. The van der Waals surface area contributed by atoms with Gasteiger partial charge in [-0.05, 0) is 18.6 Å². The summed E-state index contributed by atoms with van der Waals surface area (Å²) in [5.41, 5.74) is 0.654. The van der Waals surface area contributed by atoms with Crippen LogP contribution in [0.4, 0.5) is 0 Å². The molecule has 0 bridgehead atoms. The topological polar surface area (TPSA) is 81.7 Å². The van der Waals surface area contributed by atoms with Gasteiger partial charge in [0.1, 0.15) is 11.7 Å². The Balaban J connectivity index is 2.42. The van der Waals surface area contributed by atoms with Gasteiger partial charge in [0.15, 0.2) is 0 Å². The number of piperidine rings is 1. The van der Waals surface area contributed by atoms with Crippen molar-refractivity contribution in [3.8, 4) is 5.75 Å². The average Bonchev–Trinajstić information content (AvgIpc) is 2.46. The van der Waals surface area contributed by atoms with Gasteiger partial charge in [0, 0.05) is 12.3 Å². The predicted octanol–water partition coefficient (Wildman–Crippen LogP) is 1.00. The normalized spacial score (nSPS) is 21.6. The predicted molar refractivity (Wildman–Crippen MR) is 73.6 cm³/mol. The smallest absolute Gasteiger partial charge is 0.319 e. The number of benzene rings is 1. The van der Waals surface area contributed by atoms with E-state index in [0.717, 1.165) is 0 Å². The average molecular weight is 291 g/mol. The lowest BCUT2D eigenvalue weighted by molar-refractivity contribution is -0.155. The molecule has 21 heavy (non-hydrogen) atoms. The van der Waals surface area contributed by atoms with Crippen molar-refractivity contribution in [1.82, 2.24) is 5.32 Å². The van der Waals surface area contributed by atoms with Gasteiger partial charge >= 0.3 is 5.97 Å². The van der Waals surface area contributed by atoms with E-state index in [1.54, 1.807) is 31.2 Å². The molecule has 0 aliphatic carbocycles. The highest BCUT2D eigenvalue weighted by Gasteiger charge is 2.43. The number of carbonyl (C=O) groups is 3. The van der Waals surface area contributed by atoms with Gasteiger partial charge in [-0.15, -0.1) is 0 Å². The zero-order valence-electron chi connectivity index (χ0n) is 11.9. The Kier molecular flexibility index (Phi) is 4.57. The van der Waals surface area contributed by atoms with Crippen LogP contribution in [0.2, 0.25) is 0 Å². The number of ether oxygens (including phenoxy) is 2.